The van der Waals surface area contributed by atoms with Gasteiger partial charge in [-0.1, -0.05) is 18.2 Å². The molecule has 1 unspecified atom stereocenters. The molecular weight excluding hydrogens is 295 g/mol. The first-order chi connectivity index (χ1) is 9.90. The second-order valence-electron chi connectivity index (χ2n) is 4.12. The minimum absolute atomic E-state index is 0.00180. The lowest BCUT2D eigenvalue weighted by Crippen LogP contribution is -2.07. The van der Waals surface area contributed by atoms with Gasteiger partial charge in [0.2, 0.25) is 0 Å². The average Bonchev–Trinajstić information content (AvgIpc) is 2.44. The molecule has 1 N–H and O–H groups in total. The van der Waals surface area contributed by atoms with E-state index in [-0.39, 0.29) is 11.3 Å². The Balaban J connectivity index is 2.36. The molecular formula is C14H9F5O2. The van der Waals surface area contributed by atoms with Gasteiger partial charge in [-0.15, -0.1) is 0 Å². The molecule has 2 nitrogen and oxygen atoms in total. The summed E-state index contributed by atoms with van der Waals surface area (Å²) in [6.07, 6.45) is -1.65. The largest absolute Gasteiger partial charge is 0.435 e. The van der Waals surface area contributed by atoms with Crippen LogP contribution in [-0.4, -0.2) is 11.7 Å². The highest BCUT2D eigenvalue weighted by Crippen LogP contribution is 2.29. The van der Waals surface area contributed by atoms with Crippen molar-refractivity contribution >= 4 is 0 Å². The zero-order valence-corrected chi connectivity index (χ0v) is 10.4. The lowest BCUT2D eigenvalue weighted by Gasteiger charge is -2.14. The standard InChI is InChI=1S/C14H9F5O2/c15-10-5-4-9(11(16)12(10)17)13(20)7-2-1-3-8(6-7)21-14(18)19/h1-6,13-14,20H. The van der Waals surface area contributed by atoms with Crippen molar-refractivity contribution in [3.63, 3.8) is 0 Å². The molecule has 0 aliphatic rings. The molecule has 0 saturated carbocycles. The van der Waals surface area contributed by atoms with E-state index in [1.807, 2.05) is 0 Å². The molecule has 0 spiro atoms. The van der Waals surface area contributed by atoms with E-state index in [1.165, 1.54) is 18.2 Å². The van der Waals surface area contributed by atoms with E-state index in [4.69, 9.17) is 0 Å². The number of aliphatic hydroxyl groups is 1. The maximum Gasteiger partial charge on any atom is 0.387 e. The Bertz CT molecular complexity index is 645. The summed E-state index contributed by atoms with van der Waals surface area (Å²) in [6.45, 7) is -3.06. The van der Waals surface area contributed by atoms with Crippen molar-refractivity contribution in [1.29, 1.82) is 0 Å². The number of rotatable bonds is 4. The summed E-state index contributed by atoms with van der Waals surface area (Å²) in [6, 6.07) is 6.41. The first-order valence-corrected chi connectivity index (χ1v) is 5.76. The van der Waals surface area contributed by atoms with Crippen LogP contribution in [0.3, 0.4) is 0 Å². The first kappa shape index (κ1) is 15.2. The predicted octanol–water partition coefficient (Wildman–Crippen LogP) is 3.79. The SMILES string of the molecule is OC(c1cccc(OC(F)F)c1)c1ccc(F)c(F)c1F. The normalized spacial score (nSPS) is 12.5. The summed E-state index contributed by atoms with van der Waals surface area (Å²) in [7, 11) is 0. The molecule has 2 aromatic rings. The molecule has 0 aliphatic carbocycles. The summed E-state index contributed by atoms with van der Waals surface area (Å²) in [5.41, 5.74) is -0.513. The van der Waals surface area contributed by atoms with E-state index in [1.54, 1.807) is 0 Å². The van der Waals surface area contributed by atoms with E-state index < -0.39 is 35.7 Å². The number of halogens is 5. The predicted molar refractivity (Wildman–Crippen MR) is 63.5 cm³/mol. The van der Waals surface area contributed by atoms with Gasteiger partial charge in [0.05, 0.1) is 0 Å². The van der Waals surface area contributed by atoms with Crippen molar-refractivity contribution in [2.75, 3.05) is 0 Å². The van der Waals surface area contributed by atoms with Crippen molar-refractivity contribution < 1.29 is 31.8 Å². The quantitative estimate of drug-likeness (QED) is 0.688. The lowest BCUT2D eigenvalue weighted by atomic mass is 10.0. The van der Waals surface area contributed by atoms with E-state index in [0.29, 0.717) is 6.07 Å². The van der Waals surface area contributed by atoms with Gasteiger partial charge in [0, 0.05) is 5.56 Å². The molecule has 1 atom stereocenters. The van der Waals surface area contributed by atoms with Crippen molar-refractivity contribution in [3.8, 4) is 5.75 Å². The van der Waals surface area contributed by atoms with E-state index in [0.717, 1.165) is 12.1 Å². The van der Waals surface area contributed by atoms with Gasteiger partial charge in [-0.05, 0) is 23.8 Å². The van der Waals surface area contributed by atoms with Crippen molar-refractivity contribution in [1.82, 2.24) is 0 Å². The zero-order valence-electron chi connectivity index (χ0n) is 10.4. The van der Waals surface area contributed by atoms with Crippen LogP contribution in [-0.2, 0) is 0 Å². The summed E-state index contributed by atoms with van der Waals surface area (Å²) in [5, 5.41) is 9.97. The summed E-state index contributed by atoms with van der Waals surface area (Å²) in [5.74, 6) is -4.89. The van der Waals surface area contributed by atoms with Gasteiger partial charge in [-0.3, -0.25) is 0 Å². The number of hydrogen-bond donors (Lipinski definition) is 1. The summed E-state index contributed by atoms with van der Waals surface area (Å²) < 4.78 is 67.9. The fraction of sp³-hybridized carbons (Fsp3) is 0.143. The van der Waals surface area contributed by atoms with Gasteiger partial charge in [0.15, 0.2) is 17.5 Å². The molecule has 0 saturated heterocycles. The highest BCUT2D eigenvalue weighted by Gasteiger charge is 2.21. The number of aliphatic hydroxyl groups excluding tert-OH is 1. The molecule has 21 heavy (non-hydrogen) atoms. The molecule has 2 aromatic carbocycles. The molecule has 112 valence electrons. The Morgan fingerprint density at radius 3 is 2.33 bits per heavy atom. The van der Waals surface area contributed by atoms with Gasteiger partial charge in [0.1, 0.15) is 11.9 Å². The van der Waals surface area contributed by atoms with Crippen molar-refractivity contribution in [3.05, 3.63) is 65.0 Å². The van der Waals surface area contributed by atoms with Crippen LogP contribution in [0.15, 0.2) is 36.4 Å². The Morgan fingerprint density at radius 1 is 0.952 bits per heavy atom. The number of ether oxygens (including phenoxy) is 1. The van der Waals surface area contributed by atoms with Crippen LogP contribution in [0.1, 0.15) is 17.2 Å². The fourth-order valence-corrected chi connectivity index (χ4v) is 1.79. The zero-order chi connectivity index (χ0) is 15.6. The van der Waals surface area contributed by atoms with E-state index in [2.05, 4.69) is 4.74 Å². The minimum Gasteiger partial charge on any atom is -0.435 e. The third kappa shape index (κ3) is 3.30. The molecule has 0 aliphatic heterocycles. The molecule has 7 heteroatoms. The number of alkyl halides is 2. The van der Waals surface area contributed by atoms with Crippen LogP contribution >= 0.6 is 0 Å². The van der Waals surface area contributed by atoms with Crippen molar-refractivity contribution in [2.45, 2.75) is 12.7 Å². The molecule has 0 radical (unpaired) electrons. The fourth-order valence-electron chi connectivity index (χ4n) is 1.79. The Kier molecular flexibility index (Phi) is 4.42. The monoisotopic (exact) mass is 304 g/mol. The van der Waals surface area contributed by atoms with Crippen LogP contribution < -0.4 is 4.74 Å². The van der Waals surface area contributed by atoms with Crippen LogP contribution in [0.4, 0.5) is 22.0 Å². The third-order valence-corrected chi connectivity index (χ3v) is 2.76. The maximum absolute atomic E-state index is 13.6. The molecule has 0 fully saturated rings. The summed E-state index contributed by atoms with van der Waals surface area (Å²) >= 11 is 0. The molecule has 2 rings (SSSR count). The minimum atomic E-state index is -3.06. The number of hydrogen-bond acceptors (Lipinski definition) is 2. The Labute approximate surface area is 116 Å². The second-order valence-corrected chi connectivity index (χ2v) is 4.12. The highest BCUT2D eigenvalue weighted by molar-refractivity contribution is 5.36. The summed E-state index contributed by atoms with van der Waals surface area (Å²) in [4.78, 5) is 0. The van der Waals surface area contributed by atoms with Crippen molar-refractivity contribution in [2.24, 2.45) is 0 Å². The smallest absolute Gasteiger partial charge is 0.387 e. The van der Waals surface area contributed by atoms with Crippen LogP contribution in [0.25, 0.3) is 0 Å². The van der Waals surface area contributed by atoms with Gasteiger partial charge in [-0.25, -0.2) is 13.2 Å². The first-order valence-electron chi connectivity index (χ1n) is 5.76. The van der Waals surface area contributed by atoms with Gasteiger partial charge < -0.3 is 9.84 Å². The topological polar surface area (TPSA) is 29.5 Å². The maximum atomic E-state index is 13.6. The highest BCUT2D eigenvalue weighted by atomic mass is 19.3. The van der Waals surface area contributed by atoms with Gasteiger partial charge in [0.25, 0.3) is 0 Å². The van der Waals surface area contributed by atoms with Gasteiger partial charge in [-0.2, -0.15) is 8.78 Å². The van der Waals surface area contributed by atoms with Crippen LogP contribution in [0.5, 0.6) is 5.75 Å². The molecule has 0 heterocycles. The molecule has 0 bridgehead atoms. The van der Waals surface area contributed by atoms with Crippen LogP contribution in [0, 0.1) is 17.5 Å². The molecule has 0 amide bonds. The third-order valence-electron chi connectivity index (χ3n) is 2.76. The lowest BCUT2D eigenvalue weighted by molar-refractivity contribution is -0.0499. The average molecular weight is 304 g/mol. The van der Waals surface area contributed by atoms with Crippen LogP contribution in [0.2, 0.25) is 0 Å². The van der Waals surface area contributed by atoms with Gasteiger partial charge >= 0.3 is 6.61 Å². The molecule has 0 aromatic heterocycles. The number of benzene rings is 2. The van der Waals surface area contributed by atoms with E-state index in [9.17, 15) is 27.1 Å². The second kappa shape index (κ2) is 6.09. The van der Waals surface area contributed by atoms with E-state index >= 15 is 0 Å². The Morgan fingerprint density at radius 2 is 1.67 bits per heavy atom. The Hall–Kier alpha value is -2.15.